The summed E-state index contributed by atoms with van der Waals surface area (Å²) in [4.78, 5) is 30.5. The van der Waals surface area contributed by atoms with Gasteiger partial charge < -0.3 is 15.5 Å². The highest BCUT2D eigenvalue weighted by atomic mass is 35.5. The molecule has 0 aromatic carbocycles. The molecule has 0 saturated heterocycles. The predicted molar refractivity (Wildman–Crippen MR) is 125 cm³/mol. The minimum absolute atomic E-state index is 0.310. The van der Waals surface area contributed by atoms with E-state index in [4.69, 9.17) is 11.6 Å². The van der Waals surface area contributed by atoms with Gasteiger partial charge in [0.05, 0.1) is 51.9 Å². The van der Waals surface area contributed by atoms with Gasteiger partial charge in [0.15, 0.2) is 5.82 Å². The summed E-state index contributed by atoms with van der Waals surface area (Å²) in [5.74, 6) is 1.06. The molecule has 0 aliphatic heterocycles. The van der Waals surface area contributed by atoms with Crippen LogP contribution in [0.2, 0.25) is 5.02 Å². The second kappa shape index (κ2) is 8.32. The van der Waals surface area contributed by atoms with Crippen molar-refractivity contribution in [3.8, 4) is 5.82 Å². The molecular formula is C20H20ClN9OS. The number of urea groups is 1. The summed E-state index contributed by atoms with van der Waals surface area (Å²) < 4.78 is 0. The van der Waals surface area contributed by atoms with Crippen LogP contribution in [0.25, 0.3) is 16.2 Å². The smallest absolute Gasteiger partial charge is 0.323 e. The minimum Gasteiger partial charge on any atom is -0.371 e. The van der Waals surface area contributed by atoms with Crippen LogP contribution in [-0.4, -0.2) is 49.6 Å². The summed E-state index contributed by atoms with van der Waals surface area (Å²) in [5.41, 5.74) is 2.71. The largest absolute Gasteiger partial charge is 0.371 e. The molecule has 1 aliphatic carbocycles. The molecule has 164 valence electrons. The van der Waals surface area contributed by atoms with Crippen molar-refractivity contribution in [2.75, 3.05) is 29.1 Å². The lowest BCUT2D eigenvalue weighted by Gasteiger charge is -2.22. The molecule has 0 radical (unpaired) electrons. The predicted octanol–water partition coefficient (Wildman–Crippen LogP) is 4.12. The zero-order valence-electron chi connectivity index (χ0n) is 17.4. The molecule has 0 atom stereocenters. The monoisotopic (exact) mass is 469 g/mol. The number of hydrogen-bond acceptors (Lipinski definition) is 8. The molecule has 5 rings (SSSR count). The second-order valence-corrected chi connectivity index (χ2v) is 9.25. The first-order chi connectivity index (χ1) is 15.5. The molecule has 2 N–H and O–H groups in total. The number of hydrogen-bond donors (Lipinski definition) is 2. The maximum atomic E-state index is 12.8. The molecule has 0 unspecified atom stereocenters. The topological polar surface area (TPSA) is 114 Å². The van der Waals surface area contributed by atoms with Gasteiger partial charge in [-0.2, -0.15) is 10.2 Å². The number of fused-ring (bicyclic) bond motifs is 1. The molecule has 4 heterocycles. The number of aryl methyl sites for hydroxylation is 1. The first kappa shape index (κ1) is 20.6. The first-order valence-corrected chi connectivity index (χ1v) is 11.2. The molecule has 1 fully saturated rings. The molecule has 2 amide bonds. The fourth-order valence-corrected chi connectivity index (χ4v) is 4.49. The molecule has 32 heavy (non-hydrogen) atoms. The van der Waals surface area contributed by atoms with E-state index in [1.54, 1.807) is 12.3 Å². The Balaban J connectivity index is 1.38. The van der Waals surface area contributed by atoms with Gasteiger partial charge in [0.2, 0.25) is 0 Å². The number of anilines is 3. The highest BCUT2D eigenvalue weighted by Crippen LogP contribution is 2.38. The SMILES string of the molecule is Cc1nc2c(N(C)CC3CC3)c(NC(=O)Nc3cnc(-n4nccn4)c(Cl)c3)cnc2s1. The normalized spacial score (nSPS) is 13.3. The maximum absolute atomic E-state index is 12.8. The van der Waals surface area contributed by atoms with Gasteiger partial charge in [-0.05, 0) is 31.7 Å². The number of nitrogens with zero attached hydrogens (tertiary/aromatic N) is 7. The van der Waals surface area contributed by atoms with Crippen molar-refractivity contribution in [1.82, 2.24) is 29.9 Å². The molecule has 12 heteroatoms. The summed E-state index contributed by atoms with van der Waals surface area (Å²) in [6, 6.07) is 1.17. The van der Waals surface area contributed by atoms with Crippen molar-refractivity contribution in [3.63, 3.8) is 0 Å². The number of aromatic nitrogens is 6. The molecule has 10 nitrogen and oxygen atoms in total. The Morgan fingerprint density at radius 2 is 2.03 bits per heavy atom. The van der Waals surface area contributed by atoms with Gasteiger partial charge in [-0.15, -0.1) is 4.80 Å². The van der Waals surface area contributed by atoms with Gasteiger partial charge in [-0.1, -0.05) is 22.9 Å². The Bertz CT molecular complexity index is 1290. The lowest BCUT2D eigenvalue weighted by Crippen LogP contribution is -2.25. The van der Waals surface area contributed by atoms with Crippen LogP contribution in [0.15, 0.2) is 30.9 Å². The molecule has 0 bridgehead atoms. The van der Waals surface area contributed by atoms with Crippen LogP contribution in [0.5, 0.6) is 0 Å². The maximum Gasteiger partial charge on any atom is 0.323 e. The Labute approximate surface area is 192 Å². The van der Waals surface area contributed by atoms with Crippen molar-refractivity contribution >= 4 is 56.4 Å². The minimum atomic E-state index is -0.429. The van der Waals surface area contributed by atoms with E-state index in [1.807, 2.05) is 14.0 Å². The van der Waals surface area contributed by atoms with E-state index in [2.05, 4.69) is 40.7 Å². The molecule has 4 aromatic heterocycles. The third-order valence-electron chi connectivity index (χ3n) is 5.05. The summed E-state index contributed by atoms with van der Waals surface area (Å²) in [6.45, 7) is 2.87. The standard InChI is InChI=1S/C20H20ClN9OS/c1-11-26-16-17(29(2)10-12-3-4-12)15(9-23-19(16)32-11)28-20(31)27-13-7-14(21)18(22-8-13)30-24-5-6-25-30/h5-9,12H,3-4,10H2,1-2H3,(H2,27,28,31). The van der Waals surface area contributed by atoms with E-state index in [1.165, 1.54) is 47.6 Å². The molecule has 1 aliphatic rings. The molecule has 0 spiro atoms. The van der Waals surface area contributed by atoms with E-state index < -0.39 is 6.03 Å². The number of carbonyl (C=O) groups excluding carboxylic acids is 1. The van der Waals surface area contributed by atoms with Crippen molar-refractivity contribution in [3.05, 3.63) is 40.9 Å². The van der Waals surface area contributed by atoms with Gasteiger partial charge >= 0.3 is 6.03 Å². The number of carbonyl (C=O) groups is 1. The molecule has 1 saturated carbocycles. The quantitative estimate of drug-likeness (QED) is 0.436. The van der Waals surface area contributed by atoms with Crippen molar-refractivity contribution in [2.45, 2.75) is 19.8 Å². The summed E-state index contributed by atoms with van der Waals surface area (Å²) in [5, 5.41) is 14.9. The number of nitrogens with one attached hydrogen (secondary N) is 2. The number of pyridine rings is 2. The van der Waals surface area contributed by atoms with Gasteiger partial charge in [0.1, 0.15) is 10.3 Å². The van der Waals surface area contributed by atoms with Crippen molar-refractivity contribution in [2.24, 2.45) is 5.92 Å². The lowest BCUT2D eigenvalue weighted by molar-refractivity contribution is 0.262. The fraction of sp³-hybridized carbons (Fsp3) is 0.300. The van der Waals surface area contributed by atoms with Crippen LogP contribution in [-0.2, 0) is 0 Å². The van der Waals surface area contributed by atoms with Gasteiger partial charge in [-0.25, -0.2) is 19.7 Å². The van der Waals surface area contributed by atoms with E-state index in [0.29, 0.717) is 28.1 Å². The number of amides is 2. The Hall–Kier alpha value is -3.31. The van der Waals surface area contributed by atoms with Crippen molar-refractivity contribution < 1.29 is 4.79 Å². The highest BCUT2D eigenvalue weighted by Gasteiger charge is 2.26. The van der Waals surface area contributed by atoms with E-state index in [-0.39, 0.29) is 0 Å². The number of rotatable bonds is 6. The van der Waals surface area contributed by atoms with Crippen LogP contribution >= 0.6 is 22.9 Å². The zero-order valence-corrected chi connectivity index (χ0v) is 19.0. The van der Waals surface area contributed by atoms with E-state index in [9.17, 15) is 4.79 Å². The Morgan fingerprint density at radius 3 is 2.75 bits per heavy atom. The van der Waals surface area contributed by atoms with E-state index >= 15 is 0 Å². The average molecular weight is 470 g/mol. The first-order valence-electron chi connectivity index (χ1n) is 10.1. The van der Waals surface area contributed by atoms with Crippen LogP contribution in [0.4, 0.5) is 21.9 Å². The van der Waals surface area contributed by atoms with Gasteiger partial charge in [-0.3, -0.25) is 0 Å². The van der Waals surface area contributed by atoms with Gasteiger partial charge in [0, 0.05) is 13.6 Å². The van der Waals surface area contributed by atoms with Crippen LogP contribution in [0.3, 0.4) is 0 Å². The number of thiazole rings is 1. The molecular weight excluding hydrogens is 450 g/mol. The van der Waals surface area contributed by atoms with E-state index in [0.717, 1.165) is 27.6 Å². The number of halogens is 1. The van der Waals surface area contributed by atoms with Crippen molar-refractivity contribution in [1.29, 1.82) is 0 Å². The summed E-state index contributed by atoms with van der Waals surface area (Å²) in [6.07, 6.45) is 8.70. The fourth-order valence-electron chi connectivity index (χ4n) is 3.48. The average Bonchev–Trinajstić information content (AvgIpc) is 3.23. The summed E-state index contributed by atoms with van der Waals surface area (Å²) in [7, 11) is 2.02. The van der Waals surface area contributed by atoms with Gasteiger partial charge in [0.25, 0.3) is 0 Å². The van der Waals surface area contributed by atoms with Crippen LogP contribution in [0.1, 0.15) is 17.8 Å². The second-order valence-electron chi connectivity index (χ2n) is 7.66. The summed E-state index contributed by atoms with van der Waals surface area (Å²) >= 11 is 7.83. The zero-order chi connectivity index (χ0) is 22.2. The molecule has 4 aromatic rings. The Kier molecular flexibility index (Phi) is 5.35. The van der Waals surface area contributed by atoms with Crippen LogP contribution < -0.4 is 15.5 Å². The third kappa shape index (κ3) is 4.21. The highest BCUT2D eigenvalue weighted by molar-refractivity contribution is 7.18. The third-order valence-corrected chi connectivity index (χ3v) is 6.21. The van der Waals surface area contributed by atoms with Crippen LogP contribution in [0, 0.1) is 12.8 Å². The lowest BCUT2D eigenvalue weighted by atomic mass is 10.2. The Morgan fingerprint density at radius 1 is 1.25 bits per heavy atom.